The lowest BCUT2D eigenvalue weighted by molar-refractivity contribution is -0.121. The topological polar surface area (TPSA) is 55.1 Å². The first kappa shape index (κ1) is 12.8. The fourth-order valence-electron chi connectivity index (χ4n) is 1.51. The number of hydrogen-bond donors (Lipinski definition) is 2. The van der Waals surface area contributed by atoms with Crippen molar-refractivity contribution < 1.29 is 4.79 Å². The van der Waals surface area contributed by atoms with Crippen molar-refractivity contribution in [1.82, 2.24) is 5.32 Å². The first-order valence-corrected chi connectivity index (χ1v) is 6.97. The lowest BCUT2D eigenvalue weighted by atomic mass is 10.1. The summed E-state index contributed by atoms with van der Waals surface area (Å²) in [5.74, 6) is 0.726. The van der Waals surface area contributed by atoms with Gasteiger partial charge >= 0.3 is 0 Å². The van der Waals surface area contributed by atoms with Crippen LogP contribution in [0.4, 0.5) is 0 Å². The molecule has 1 rings (SSSR count). The van der Waals surface area contributed by atoms with Crippen LogP contribution in [0.25, 0.3) is 0 Å². The third-order valence-corrected chi connectivity index (χ3v) is 3.96. The number of carbonyl (C=O) groups is 1. The summed E-state index contributed by atoms with van der Waals surface area (Å²) in [6, 6.07) is 0.0861. The van der Waals surface area contributed by atoms with Crippen molar-refractivity contribution in [3.8, 4) is 0 Å². The fraction of sp³-hybridized carbons (Fsp3) is 0.909. The Hall–Kier alpha value is -0.220. The third-order valence-electron chi connectivity index (χ3n) is 2.92. The van der Waals surface area contributed by atoms with Gasteiger partial charge in [-0.2, -0.15) is 11.8 Å². The van der Waals surface area contributed by atoms with E-state index in [9.17, 15) is 4.79 Å². The lowest BCUT2D eigenvalue weighted by Gasteiger charge is -2.12. The second-order valence-electron chi connectivity index (χ2n) is 4.39. The predicted molar refractivity (Wildman–Crippen MR) is 65.9 cm³/mol. The summed E-state index contributed by atoms with van der Waals surface area (Å²) in [4.78, 5) is 11.5. The minimum Gasteiger partial charge on any atom is -0.356 e. The van der Waals surface area contributed by atoms with E-state index in [0.717, 1.165) is 13.0 Å². The quantitative estimate of drug-likeness (QED) is 0.694. The average Bonchev–Trinajstić information content (AvgIpc) is 3.00. The number of amides is 1. The van der Waals surface area contributed by atoms with Crippen molar-refractivity contribution in [3.63, 3.8) is 0 Å². The van der Waals surface area contributed by atoms with Crippen molar-refractivity contribution in [2.45, 2.75) is 43.9 Å². The highest BCUT2D eigenvalue weighted by Gasteiger charge is 2.29. The van der Waals surface area contributed by atoms with Crippen LogP contribution < -0.4 is 11.1 Å². The van der Waals surface area contributed by atoms with Crippen molar-refractivity contribution in [2.24, 2.45) is 11.7 Å². The monoisotopic (exact) mass is 230 g/mol. The summed E-state index contributed by atoms with van der Waals surface area (Å²) in [5.41, 5.74) is 5.87. The first-order chi connectivity index (χ1) is 7.13. The maximum atomic E-state index is 11.5. The lowest BCUT2D eigenvalue weighted by Crippen LogP contribution is -2.33. The zero-order valence-electron chi connectivity index (χ0n) is 9.66. The molecule has 0 radical (unpaired) electrons. The van der Waals surface area contributed by atoms with Gasteiger partial charge in [-0.1, -0.05) is 6.92 Å². The van der Waals surface area contributed by atoms with Gasteiger partial charge in [-0.25, -0.2) is 0 Å². The molecule has 1 aliphatic rings. The van der Waals surface area contributed by atoms with Crippen LogP contribution in [0.3, 0.4) is 0 Å². The van der Waals surface area contributed by atoms with Crippen molar-refractivity contribution in [2.75, 3.05) is 12.8 Å². The molecule has 0 aromatic heterocycles. The van der Waals surface area contributed by atoms with Gasteiger partial charge in [0.05, 0.1) is 0 Å². The Balaban J connectivity index is 2.02. The highest BCUT2D eigenvalue weighted by atomic mass is 32.2. The molecule has 2 unspecified atom stereocenters. The Kier molecular flexibility index (Phi) is 5.47. The summed E-state index contributed by atoms with van der Waals surface area (Å²) in [6.45, 7) is 2.95. The Morgan fingerprint density at radius 3 is 2.80 bits per heavy atom. The molecule has 1 amide bonds. The van der Waals surface area contributed by atoms with E-state index in [1.54, 1.807) is 0 Å². The molecule has 0 spiro atoms. The Morgan fingerprint density at radius 2 is 2.27 bits per heavy atom. The standard InChI is InChI=1S/C11H22N2OS/c1-8(15-2)5-6-13-11(14)7-10(12)9-3-4-9/h8-10H,3-7,12H2,1-2H3,(H,13,14). The number of thioether (sulfide) groups is 1. The maximum absolute atomic E-state index is 11.5. The molecule has 0 aromatic rings. The summed E-state index contributed by atoms with van der Waals surface area (Å²) in [7, 11) is 0. The van der Waals surface area contributed by atoms with Crippen LogP contribution in [-0.4, -0.2) is 30.0 Å². The summed E-state index contributed by atoms with van der Waals surface area (Å²) < 4.78 is 0. The fourth-order valence-corrected chi connectivity index (χ4v) is 1.86. The van der Waals surface area contributed by atoms with Crippen LogP contribution in [0.15, 0.2) is 0 Å². The van der Waals surface area contributed by atoms with E-state index in [1.807, 2.05) is 11.8 Å². The molecule has 15 heavy (non-hydrogen) atoms. The van der Waals surface area contributed by atoms with Crippen molar-refractivity contribution in [1.29, 1.82) is 0 Å². The predicted octanol–water partition coefficient (Wildman–Crippen LogP) is 1.37. The van der Waals surface area contributed by atoms with Gasteiger partial charge in [0.2, 0.25) is 5.91 Å². The third kappa shape index (κ3) is 5.42. The number of rotatable bonds is 7. The van der Waals surface area contributed by atoms with Gasteiger partial charge in [-0.3, -0.25) is 4.79 Å². The molecule has 0 aliphatic heterocycles. The van der Waals surface area contributed by atoms with E-state index in [4.69, 9.17) is 5.73 Å². The van der Waals surface area contributed by atoms with E-state index in [1.165, 1.54) is 12.8 Å². The number of carbonyl (C=O) groups excluding carboxylic acids is 1. The van der Waals surface area contributed by atoms with E-state index >= 15 is 0 Å². The number of hydrogen-bond acceptors (Lipinski definition) is 3. The average molecular weight is 230 g/mol. The first-order valence-electron chi connectivity index (χ1n) is 5.68. The van der Waals surface area contributed by atoms with Crippen LogP contribution in [0.2, 0.25) is 0 Å². The molecule has 0 bridgehead atoms. The van der Waals surface area contributed by atoms with Crippen LogP contribution >= 0.6 is 11.8 Å². The molecule has 0 heterocycles. The minimum absolute atomic E-state index is 0.0861. The molecule has 2 atom stereocenters. The Labute approximate surface area is 96.6 Å². The van der Waals surface area contributed by atoms with E-state index < -0.39 is 0 Å². The molecular weight excluding hydrogens is 208 g/mol. The molecule has 1 aliphatic carbocycles. The van der Waals surface area contributed by atoms with Gasteiger partial charge in [-0.05, 0) is 31.4 Å². The van der Waals surface area contributed by atoms with Gasteiger partial charge in [0.1, 0.15) is 0 Å². The Morgan fingerprint density at radius 1 is 1.60 bits per heavy atom. The summed E-state index contributed by atoms with van der Waals surface area (Å²) in [5, 5.41) is 3.54. The zero-order chi connectivity index (χ0) is 11.3. The van der Waals surface area contributed by atoms with Crippen LogP contribution in [0.1, 0.15) is 32.6 Å². The Bertz CT molecular complexity index is 207. The maximum Gasteiger partial charge on any atom is 0.221 e. The molecule has 88 valence electrons. The van der Waals surface area contributed by atoms with E-state index in [2.05, 4.69) is 18.5 Å². The molecule has 0 saturated heterocycles. The van der Waals surface area contributed by atoms with Crippen LogP contribution in [0.5, 0.6) is 0 Å². The minimum atomic E-state index is 0.0861. The molecule has 3 N–H and O–H groups in total. The smallest absolute Gasteiger partial charge is 0.221 e. The molecule has 4 heteroatoms. The highest BCUT2D eigenvalue weighted by Crippen LogP contribution is 2.32. The molecule has 1 fully saturated rings. The van der Waals surface area contributed by atoms with Crippen molar-refractivity contribution >= 4 is 17.7 Å². The van der Waals surface area contributed by atoms with E-state index in [0.29, 0.717) is 17.6 Å². The molecule has 0 aromatic carbocycles. The van der Waals surface area contributed by atoms with Crippen LogP contribution in [0, 0.1) is 5.92 Å². The van der Waals surface area contributed by atoms with Crippen LogP contribution in [-0.2, 0) is 4.79 Å². The second-order valence-corrected chi connectivity index (χ2v) is 5.67. The van der Waals surface area contributed by atoms with Gasteiger partial charge in [0.15, 0.2) is 0 Å². The molecule has 1 saturated carbocycles. The normalized spacial score (nSPS) is 19.7. The van der Waals surface area contributed by atoms with Gasteiger partial charge < -0.3 is 11.1 Å². The SMILES string of the molecule is CSC(C)CCNC(=O)CC(N)C1CC1. The van der Waals surface area contributed by atoms with Gasteiger partial charge in [0.25, 0.3) is 0 Å². The van der Waals surface area contributed by atoms with Gasteiger partial charge in [0, 0.05) is 24.3 Å². The zero-order valence-corrected chi connectivity index (χ0v) is 10.5. The molecule has 3 nitrogen and oxygen atoms in total. The number of nitrogens with two attached hydrogens (primary N) is 1. The largest absolute Gasteiger partial charge is 0.356 e. The summed E-state index contributed by atoms with van der Waals surface area (Å²) in [6.07, 6.45) is 6.04. The van der Waals surface area contributed by atoms with Gasteiger partial charge in [-0.15, -0.1) is 0 Å². The highest BCUT2D eigenvalue weighted by molar-refractivity contribution is 7.99. The van der Waals surface area contributed by atoms with Crippen molar-refractivity contribution in [3.05, 3.63) is 0 Å². The second kappa shape index (κ2) is 6.38. The molecular formula is C11H22N2OS. The van der Waals surface area contributed by atoms with E-state index in [-0.39, 0.29) is 11.9 Å². The summed E-state index contributed by atoms with van der Waals surface area (Å²) >= 11 is 1.83. The number of nitrogens with one attached hydrogen (secondary N) is 1.